The average Bonchev–Trinajstić information content (AvgIpc) is 2.45. The molecule has 20 heavy (non-hydrogen) atoms. The number of hydrogen-bond acceptors (Lipinski definition) is 3. The van der Waals surface area contributed by atoms with Crippen LogP contribution in [0.4, 0.5) is 5.69 Å². The molecule has 1 aromatic carbocycles. The van der Waals surface area contributed by atoms with Gasteiger partial charge in [0.2, 0.25) is 0 Å². The van der Waals surface area contributed by atoms with E-state index in [0.29, 0.717) is 18.6 Å². The van der Waals surface area contributed by atoms with Gasteiger partial charge in [0.05, 0.1) is 0 Å². The van der Waals surface area contributed by atoms with Gasteiger partial charge >= 0.3 is 0 Å². The van der Waals surface area contributed by atoms with Crippen molar-refractivity contribution in [1.29, 1.82) is 0 Å². The number of nitrogens with zero attached hydrogens (tertiary/aromatic N) is 1. The summed E-state index contributed by atoms with van der Waals surface area (Å²) >= 11 is 3.57. The molecular formula is C16H25BrN2O. The summed E-state index contributed by atoms with van der Waals surface area (Å²) in [5, 5.41) is 12.8. The fourth-order valence-corrected chi connectivity index (χ4v) is 3.08. The second-order valence-electron chi connectivity index (χ2n) is 5.92. The summed E-state index contributed by atoms with van der Waals surface area (Å²) in [6, 6.07) is 7.03. The Morgan fingerprint density at radius 1 is 1.35 bits per heavy atom. The molecular weight excluding hydrogens is 316 g/mol. The van der Waals surface area contributed by atoms with Crippen LogP contribution in [0.1, 0.15) is 32.3 Å². The maximum Gasteiger partial charge on any atom is 0.0460 e. The van der Waals surface area contributed by atoms with Crippen molar-refractivity contribution in [1.82, 2.24) is 5.32 Å². The van der Waals surface area contributed by atoms with Crippen molar-refractivity contribution in [3.63, 3.8) is 0 Å². The molecule has 0 unspecified atom stereocenters. The van der Waals surface area contributed by atoms with Crippen LogP contribution < -0.4 is 10.2 Å². The molecule has 1 aromatic rings. The Balaban J connectivity index is 2.10. The molecule has 3 nitrogen and oxygen atoms in total. The summed E-state index contributed by atoms with van der Waals surface area (Å²) in [4.78, 5) is 2.45. The highest BCUT2D eigenvalue weighted by atomic mass is 79.9. The van der Waals surface area contributed by atoms with Gasteiger partial charge in [0, 0.05) is 42.4 Å². The van der Waals surface area contributed by atoms with Crippen LogP contribution in [-0.4, -0.2) is 30.8 Å². The second-order valence-corrected chi connectivity index (χ2v) is 6.84. The molecule has 0 radical (unpaired) electrons. The number of rotatable bonds is 5. The monoisotopic (exact) mass is 340 g/mol. The van der Waals surface area contributed by atoms with Gasteiger partial charge in [0.25, 0.3) is 0 Å². The van der Waals surface area contributed by atoms with Crippen LogP contribution in [0.2, 0.25) is 0 Å². The van der Waals surface area contributed by atoms with Gasteiger partial charge < -0.3 is 15.3 Å². The van der Waals surface area contributed by atoms with Crippen molar-refractivity contribution >= 4 is 21.6 Å². The summed E-state index contributed by atoms with van der Waals surface area (Å²) in [6.07, 6.45) is 2.17. The minimum absolute atomic E-state index is 0.329. The molecule has 1 saturated heterocycles. The molecule has 0 atom stereocenters. The number of nitrogens with one attached hydrogen (secondary N) is 1. The Morgan fingerprint density at radius 3 is 2.65 bits per heavy atom. The molecule has 1 fully saturated rings. The third-order valence-electron chi connectivity index (χ3n) is 3.96. The molecule has 2 N–H and O–H groups in total. The highest BCUT2D eigenvalue weighted by molar-refractivity contribution is 9.10. The van der Waals surface area contributed by atoms with Crippen LogP contribution in [-0.2, 0) is 6.54 Å². The maximum atomic E-state index is 9.25. The fraction of sp³-hybridized carbons (Fsp3) is 0.625. The molecule has 1 aliphatic rings. The van der Waals surface area contributed by atoms with Gasteiger partial charge in [-0.2, -0.15) is 0 Å². The first kappa shape index (κ1) is 15.8. The Hall–Kier alpha value is -0.580. The molecule has 0 aliphatic carbocycles. The van der Waals surface area contributed by atoms with Gasteiger partial charge in [-0.05, 0) is 42.5 Å². The summed E-state index contributed by atoms with van der Waals surface area (Å²) in [5.74, 6) is 0.485. The molecule has 0 aromatic heterocycles. The lowest BCUT2D eigenvalue weighted by atomic mass is 9.97. The van der Waals surface area contributed by atoms with E-state index < -0.39 is 0 Å². The highest BCUT2D eigenvalue weighted by Crippen LogP contribution is 2.28. The third-order valence-corrected chi connectivity index (χ3v) is 4.45. The molecule has 1 heterocycles. The number of benzene rings is 1. The summed E-state index contributed by atoms with van der Waals surface area (Å²) in [7, 11) is 0. The first-order chi connectivity index (χ1) is 9.60. The normalized spacial score (nSPS) is 16.9. The highest BCUT2D eigenvalue weighted by Gasteiger charge is 2.20. The fourth-order valence-electron chi connectivity index (χ4n) is 2.67. The van der Waals surface area contributed by atoms with E-state index in [4.69, 9.17) is 0 Å². The van der Waals surface area contributed by atoms with E-state index in [-0.39, 0.29) is 0 Å². The van der Waals surface area contributed by atoms with Gasteiger partial charge in [0.15, 0.2) is 0 Å². The van der Waals surface area contributed by atoms with E-state index in [9.17, 15) is 5.11 Å². The topological polar surface area (TPSA) is 35.5 Å². The molecule has 4 heteroatoms. The molecule has 1 aliphatic heterocycles. The van der Waals surface area contributed by atoms with Crippen LogP contribution in [0.25, 0.3) is 0 Å². The van der Waals surface area contributed by atoms with E-state index in [2.05, 4.69) is 58.2 Å². The van der Waals surface area contributed by atoms with Crippen molar-refractivity contribution in [2.24, 2.45) is 5.92 Å². The number of halogens is 1. The first-order valence-electron chi connectivity index (χ1n) is 7.47. The average molecular weight is 341 g/mol. The predicted octanol–water partition coefficient (Wildman–Crippen LogP) is 3.16. The molecule has 0 saturated carbocycles. The van der Waals surface area contributed by atoms with Gasteiger partial charge in [-0.3, -0.25) is 0 Å². The third kappa shape index (κ3) is 4.21. The van der Waals surface area contributed by atoms with Crippen LogP contribution in [0.5, 0.6) is 0 Å². The number of anilines is 1. The molecule has 112 valence electrons. The minimum atomic E-state index is 0.329. The van der Waals surface area contributed by atoms with Gasteiger partial charge in [-0.25, -0.2) is 0 Å². The van der Waals surface area contributed by atoms with E-state index in [1.165, 1.54) is 11.3 Å². The summed E-state index contributed by atoms with van der Waals surface area (Å²) in [5.41, 5.74) is 2.67. The van der Waals surface area contributed by atoms with Crippen molar-refractivity contribution in [2.75, 3.05) is 24.6 Å². The maximum absolute atomic E-state index is 9.25. The van der Waals surface area contributed by atoms with Crippen LogP contribution in [0.3, 0.4) is 0 Å². The quantitative estimate of drug-likeness (QED) is 0.864. The Bertz CT molecular complexity index is 428. The van der Waals surface area contributed by atoms with Crippen LogP contribution >= 0.6 is 15.9 Å². The SMILES string of the molecule is CC(C)NCc1cc(Br)ccc1N1CCC(CO)CC1. The Kier molecular flexibility index (Phi) is 5.87. The first-order valence-corrected chi connectivity index (χ1v) is 8.27. The minimum Gasteiger partial charge on any atom is -0.396 e. The van der Waals surface area contributed by atoms with Gasteiger partial charge in [-0.1, -0.05) is 29.8 Å². The number of aliphatic hydroxyl groups is 1. The van der Waals surface area contributed by atoms with Crippen molar-refractivity contribution in [3.8, 4) is 0 Å². The van der Waals surface area contributed by atoms with E-state index in [1.54, 1.807) is 0 Å². The second kappa shape index (κ2) is 7.43. The molecule has 0 spiro atoms. The summed E-state index contributed by atoms with van der Waals surface area (Å²) in [6.45, 7) is 7.65. The number of aliphatic hydroxyl groups excluding tert-OH is 1. The van der Waals surface area contributed by atoms with Gasteiger partial charge in [-0.15, -0.1) is 0 Å². The smallest absolute Gasteiger partial charge is 0.0460 e. The van der Waals surface area contributed by atoms with E-state index in [0.717, 1.165) is 36.9 Å². The lowest BCUT2D eigenvalue weighted by molar-refractivity contribution is 0.203. The standard InChI is InChI=1S/C16H25BrN2O/c1-12(2)18-10-14-9-15(17)3-4-16(14)19-7-5-13(11-20)6-8-19/h3-4,9,12-13,18,20H,5-8,10-11H2,1-2H3. The largest absolute Gasteiger partial charge is 0.396 e. The lowest BCUT2D eigenvalue weighted by Gasteiger charge is -2.34. The predicted molar refractivity (Wildman–Crippen MR) is 88.1 cm³/mol. The molecule has 2 rings (SSSR count). The van der Waals surface area contributed by atoms with Crippen molar-refractivity contribution in [3.05, 3.63) is 28.2 Å². The lowest BCUT2D eigenvalue weighted by Crippen LogP contribution is -2.35. The zero-order valence-corrected chi connectivity index (χ0v) is 14.0. The van der Waals surface area contributed by atoms with Crippen molar-refractivity contribution < 1.29 is 5.11 Å². The van der Waals surface area contributed by atoms with E-state index in [1.807, 2.05) is 0 Å². The van der Waals surface area contributed by atoms with Crippen LogP contribution in [0, 0.1) is 5.92 Å². The Morgan fingerprint density at radius 2 is 2.05 bits per heavy atom. The van der Waals surface area contributed by atoms with Crippen LogP contribution in [0.15, 0.2) is 22.7 Å². The number of piperidine rings is 1. The van der Waals surface area contributed by atoms with Crippen molar-refractivity contribution in [2.45, 2.75) is 39.3 Å². The molecule has 0 bridgehead atoms. The zero-order chi connectivity index (χ0) is 14.5. The number of hydrogen-bond donors (Lipinski definition) is 2. The molecule has 0 amide bonds. The van der Waals surface area contributed by atoms with Gasteiger partial charge in [0.1, 0.15) is 0 Å². The summed E-state index contributed by atoms with van der Waals surface area (Å²) < 4.78 is 1.13. The Labute approximate surface area is 130 Å². The zero-order valence-electron chi connectivity index (χ0n) is 12.4. The van der Waals surface area contributed by atoms with E-state index >= 15 is 0 Å².